The van der Waals surface area contributed by atoms with Crippen molar-refractivity contribution in [3.63, 3.8) is 0 Å². The summed E-state index contributed by atoms with van der Waals surface area (Å²) in [6.07, 6.45) is 10.6. The lowest BCUT2D eigenvalue weighted by Crippen LogP contribution is -2.45. The van der Waals surface area contributed by atoms with Crippen molar-refractivity contribution in [1.29, 1.82) is 0 Å². The second-order valence-corrected chi connectivity index (χ2v) is 7.97. The van der Waals surface area contributed by atoms with E-state index in [0.717, 1.165) is 44.5 Å². The maximum atomic E-state index is 13.1. The van der Waals surface area contributed by atoms with Crippen molar-refractivity contribution < 1.29 is 18.7 Å². The Morgan fingerprint density at radius 1 is 1.07 bits per heavy atom. The Balaban J connectivity index is 1.92. The molecule has 1 aliphatic rings. The third-order valence-electron chi connectivity index (χ3n) is 5.39. The first-order chi connectivity index (χ1) is 14.1. The Kier molecular flexibility index (Phi) is 10.8. The minimum atomic E-state index is -0.0373. The highest BCUT2D eigenvalue weighted by Crippen LogP contribution is 2.16. The van der Waals surface area contributed by atoms with Crippen LogP contribution in [0.5, 0.6) is 0 Å². The molecule has 2 heterocycles. The van der Waals surface area contributed by atoms with Gasteiger partial charge in [-0.15, -0.1) is 0 Å². The fourth-order valence-electron chi connectivity index (χ4n) is 3.74. The summed E-state index contributed by atoms with van der Waals surface area (Å²) in [5.41, 5.74) is 0. The number of hydrogen-bond acceptors (Lipinski definition) is 4. The Labute approximate surface area is 175 Å². The average Bonchev–Trinajstić information content (AvgIpc) is 3.41. The van der Waals surface area contributed by atoms with Crippen LogP contribution in [-0.4, -0.2) is 54.0 Å². The molecule has 6 nitrogen and oxygen atoms in total. The van der Waals surface area contributed by atoms with Crippen molar-refractivity contribution in [2.75, 3.05) is 26.2 Å². The zero-order valence-electron chi connectivity index (χ0n) is 18.2. The molecule has 0 saturated carbocycles. The van der Waals surface area contributed by atoms with Crippen LogP contribution in [0.1, 0.15) is 77.4 Å². The van der Waals surface area contributed by atoms with E-state index in [4.69, 9.17) is 9.15 Å². The third-order valence-corrected chi connectivity index (χ3v) is 5.39. The Hall–Kier alpha value is -1.82. The van der Waals surface area contributed by atoms with E-state index in [2.05, 4.69) is 6.92 Å². The van der Waals surface area contributed by atoms with E-state index < -0.39 is 0 Å². The van der Waals surface area contributed by atoms with Crippen LogP contribution >= 0.6 is 0 Å². The number of ether oxygens (including phenoxy) is 1. The molecular weight excluding hydrogens is 368 g/mol. The number of nitrogens with zero attached hydrogens (tertiary/aromatic N) is 2. The highest BCUT2D eigenvalue weighted by molar-refractivity contribution is 5.84. The maximum Gasteiger partial charge on any atom is 0.242 e. The first-order valence-corrected chi connectivity index (χ1v) is 11.3. The van der Waals surface area contributed by atoms with Gasteiger partial charge in [-0.1, -0.05) is 39.5 Å². The van der Waals surface area contributed by atoms with E-state index in [-0.39, 0.29) is 24.5 Å². The van der Waals surface area contributed by atoms with Crippen LogP contribution in [-0.2, 0) is 20.9 Å². The highest BCUT2D eigenvalue weighted by atomic mass is 16.5. The Bertz CT molecular complexity index is 582. The van der Waals surface area contributed by atoms with E-state index in [9.17, 15) is 9.59 Å². The van der Waals surface area contributed by atoms with E-state index in [1.807, 2.05) is 19.1 Å². The van der Waals surface area contributed by atoms with Crippen molar-refractivity contribution in [3.05, 3.63) is 24.2 Å². The lowest BCUT2D eigenvalue weighted by atomic mass is 10.1. The molecule has 0 spiro atoms. The molecule has 0 N–H and O–H groups in total. The number of amides is 2. The third kappa shape index (κ3) is 8.60. The topological polar surface area (TPSA) is 63.0 Å². The monoisotopic (exact) mass is 406 g/mol. The number of unbranched alkanes of at least 4 members (excludes halogenated alkanes) is 4. The lowest BCUT2D eigenvalue weighted by molar-refractivity contribution is -0.142. The molecule has 2 rings (SSSR count). The molecule has 1 saturated heterocycles. The van der Waals surface area contributed by atoms with Gasteiger partial charge in [0.25, 0.3) is 0 Å². The van der Waals surface area contributed by atoms with Crippen molar-refractivity contribution in [2.45, 2.75) is 84.3 Å². The van der Waals surface area contributed by atoms with Gasteiger partial charge in [0.05, 0.1) is 25.5 Å². The Morgan fingerprint density at radius 2 is 1.90 bits per heavy atom. The second kappa shape index (κ2) is 13.4. The van der Waals surface area contributed by atoms with Gasteiger partial charge in [0, 0.05) is 26.1 Å². The van der Waals surface area contributed by atoms with Crippen LogP contribution < -0.4 is 0 Å². The van der Waals surface area contributed by atoms with Crippen LogP contribution in [0.25, 0.3) is 0 Å². The van der Waals surface area contributed by atoms with E-state index in [1.165, 1.54) is 19.3 Å². The zero-order valence-corrected chi connectivity index (χ0v) is 18.2. The maximum absolute atomic E-state index is 13.1. The summed E-state index contributed by atoms with van der Waals surface area (Å²) in [6, 6.07) is 3.70. The van der Waals surface area contributed by atoms with Crippen molar-refractivity contribution in [1.82, 2.24) is 9.80 Å². The quantitative estimate of drug-likeness (QED) is 0.430. The van der Waals surface area contributed by atoms with Crippen LogP contribution in [0.4, 0.5) is 0 Å². The van der Waals surface area contributed by atoms with Gasteiger partial charge in [-0.2, -0.15) is 0 Å². The molecule has 1 aliphatic heterocycles. The minimum Gasteiger partial charge on any atom is -0.467 e. The summed E-state index contributed by atoms with van der Waals surface area (Å²) in [5.74, 6) is 0.803. The summed E-state index contributed by atoms with van der Waals surface area (Å²) in [6.45, 7) is 6.69. The average molecular weight is 407 g/mol. The fourth-order valence-corrected chi connectivity index (χ4v) is 3.74. The predicted molar refractivity (Wildman–Crippen MR) is 113 cm³/mol. The second-order valence-electron chi connectivity index (χ2n) is 7.97. The molecule has 6 heteroatoms. The van der Waals surface area contributed by atoms with Crippen molar-refractivity contribution >= 4 is 11.8 Å². The standard InChI is InChI=1S/C23H38N2O4/c1-3-5-6-7-8-13-22(26)24(14-4-2)19-23(27)25(17-20-11-9-15-28-20)18-21-12-10-16-29-21/h9,11,15,21H,3-8,10,12-14,16-19H2,1-2H3. The van der Waals surface area contributed by atoms with Gasteiger partial charge >= 0.3 is 0 Å². The Morgan fingerprint density at radius 3 is 2.55 bits per heavy atom. The molecule has 2 amide bonds. The zero-order chi connectivity index (χ0) is 20.9. The van der Waals surface area contributed by atoms with Crippen LogP contribution in [0, 0.1) is 0 Å². The summed E-state index contributed by atoms with van der Waals surface area (Å²) < 4.78 is 11.2. The van der Waals surface area contributed by atoms with Gasteiger partial charge < -0.3 is 19.0 Å². The molecule has 0 bridgehead atoms. The first-order valence-electron chi connectivity index (χ1n) is 11.3. The van der Waals surface area contributed by atoms with Crippen LogP contribution in [0.3, 0.4) is 0 Å². The largest absolute Gasteiger partial charge is 0.467 e. The summed E-state index contributed by atoms with van der Waals surface area (Å²) in [5, 5.41) is 0. The molecule has 1 fully saturated rings. The molecule has 0 radical (unpaired) electrons. The molecule has 1 unspecified atom stereocenters. The normalized spacial score (nSPS) is 16.1. The summed E-state index contributed by atoms with van der Waals surface area (Å²) in [4.78, 5) is 29.3. The number of rotatable bonds is 14. The van der Waals surface area contributed by atoms with Gasteiger partial charge in [0.1, 0.15) is 5.76 Å². The summed E-state index contributed by atoms with van der Waals surface area (Å²) >= 11 is 0. The molecular formula is C23H38N2O4. The highest BCUT2D eigenvalue weighted by Gasteiger charge is 2.26. The molecule has 164 valence electrons. The number of carbonyl (C=O) groups excluding carboxylic acids is 2. The van der Waals surface area contributed by atoms with E-state index >= 15 is 0 Å². The number of furan rings is 1. The number of hydrogen-bond donors (Lipinski definition) is 0. The van der Waals surface area contributed by atoms with Crippen LogP contribution in [0.15, 0.2) is 22.8 Å². The van der Waals surface area contributed by atoms with Crippen molar-refractivity contribution in [2.24, 2.45) is 0 Å². The molecule has 1 atom stereocenters. The van der Waals surface area contributed by atoms with Crippen molar-refractivity contribution in [3.8, 4) is 0 Å². The van der Waals surface area contributed by atoms with E-state index in [1.54, 1.807) is 16.1 Å². The van der Waals surface area contributed by atoms with E-state index in [0.29, 0.717) is 26.1 Å². The van der Waals surface area contributed by atoms with Gasteiger partial charge in [0.15, 0.2) is 0 Å². The predicted octanol–water partition coefficient (Wildman–Crippen LogP) is 4.39. The number of carbonyl (C=O) groups is 2. The first kappa shape index (κ1) is 23.5. The van der Waals surface area contributed by atoms with Gasteiger partial charge in [-0.05, 0) is 37.8 Å². The van der Waals surface area contributed by atoms with Gasteiger partial charge in [0.2, 0.25) is 11.8 Å². The van der Waals surface area contributed by atoms with Gasteiger partial charge in [-0.25, -0.2) is 0 Å². The molecule has 1 aromatic heterocycles. The molecule has 29 heavy (non-hydrogen) atoms. The molecule has 0 aliphatic carbocycles. The summed E-state index contributed by atoms with van der Waals surface area (Å²) in [7, 11) is 0. The minimum absolute atomic E-state index is 0.0373. The lowest BCUT2D eigenvalue weighted by Gasteiger charge is -2.28. The smallest absolute Gasteiger partial charge is 0.242 e. The fraction of sp³-hybridized carbons (Fsp3) is 0.739. The van der Waals surface area contributed by atoms with Crippen LogP contribution in [0.2, 0.25) is 0 Å². The molecule has 0 aromatic carbocycles. The SMILES string of the molecule is CCCCCCCC(=O)N(CCC)CC(=O)N(Cc1ccco1)CC1CCCO1. The molecule has 1 aromatic rings. The van der Waals surface area contributed by atoms with Gasteiger partial charge in [-0.3, -0.25) is 9.59 Å².